The van der Waals surface area contributed by atoms with E-state index >= 15 is 0 Å². The number of hydrogen-bond acceptors (Lipinski definition) is 4. The van der Waals surface area contributed by atoms with Crippen LogP contribution in [0.25, 0.3) is 11.3 Å². The lowest BCUT2D eigenvalue weighted by molar-refractivity contribution is 0.0947. The van der Waals surface area contributed by atoms with Crippen LogP contribution in [-0.2, 0) is 6.54 Å². The summed E-state index contributed by atoms with van der Waals surface area (Å²) in [5.41, 5.74) is 1.86. The molecule has 0 saturated carbocycles. The van der Waals surface area contributed by atoms with E-state index in [1.165, 1.54) is 30.6 Å². The molecule has 4 nitrogen and oxygen atoms in total. The fraction of sp³-hybridized carbons (Fsp3) is 0.111. The van der Waals surface area contributed by atoms with E-state index in [0.29, 0.717) is 5.75 Å². The van der Waals surface area contributed by atoms with Gasteiger partial charge in [0.1, 0.15) is 16.6 Å². The fourth-order valence-electron chi connectivity index (χ4n) is 2.19. The van der Waals surface area contributed by atoms with Crippen LogP contribution in [0.5, 0.6) is 5.75 Å². The van der Waals surface area contributed by atoms with E-state index < -0.39 is 11.7 Å². The summed E-state index contributed by atoms with van der Waals surface area (Å²) in [5.74, 6) is -0.723. The minimum atomic E-state index is -0.615. The maximum Gasteiger partial charge on any atom is 0.254 e. The van der Waals surface area contributed by atoms with Gasteiger partial charge in [0, 0.05) is 17.0 Å². The first-order valence-electron chi connectivity index (χ1n) is 7.29. The number of ether oxygens (including phenoxy) is 1. The van der Waals surface area contributed by atoms with E-state index in [0.717, 1.165) is 16.3 Å². The predicted molar refractivity (Wildman–Crippen MR) is 91.7 cm³/mol. The molecule has 0 aliphatic carbocycles. The summed E-state index contributed by atoms with van der Waals surface area (Å²) in [6, 6.07) is 13.9. The Balaban J connectivity index is 1.66. The van der Waals surface area contributed by atoms with Crippen molar-refractivity contribution in [2.45, 2.75) is 6.54 Å². The van der Waals surface area contributed by atoms with Gasteiger partial charge in [-0.1, -0.05) is 30.3 Å². The van der Waals surface area contributed by atoms with Gasteiger partial charge < -0.3 is 10.1 Å². The number of nitrogens with zero attached hydrogens (tertiary/aromatic N) is 1. The highest BCUT2D eigenvalue weighted by Gasteiger charge is 2.13. The highest BCUT2D eigenvalue weighted by molar-refractivity contribution is 7.09. The third-order valence-electron chi connectivity index (χ3n) is 3.44. The fourth-order valence-corrected chi connectivity index (χ4v) is 2.93. The van der Waals surface area contributed by atoms with Crippen LogP contribution in [0.15, 0.2) is 53.9 Å². The number of rotatable bonds is 5. The lowest BCUT2D eigenvalue weighted by atomic mass is 10.2. The standard InChI is InChI=1S/C18H15FN2O2S/c1-23-13-7-8-14(15(19)9-13)18(22)20-10-17-21-16(11-24-17)12-5-3-2-4-6-12/h2-9,11H,10H2,1H3,(H,20,22). The molecule has 0 atom stereocenters. The van der Waals surface area contributed by atoms with Crippen molar-refractivity contribution in [1.29, 1.82) is 0 Å². The van der Waals surface area contributed by atoms with Crippen molar-refractivity contribution >= 4 is 17.2 Å². The van der Waals surface area contributed by atoms with Crippen LogP contribution in [0.1, 0.15) is 15.4 Å². The van der Waals surface area contributed by atoms with Crippen LogP contribution in [0.2, 0.25) is 0 Å². The SMILES string of the molecule is COc1ccc(C(=O)NCc2nc(-c3ccccc3)cs2)c(F)c1. The first-order chi connectivity index (χ1) is 11.7. The predicted octanol–water partition coefficient (Wildman–Crippen LogP) is 3.89. The van der Waals surface area contributed by atoms with Gasteiger partial charge in [0.25, 0.3) is 5.91 Å². The van der Waals surface area contributed by atoms with Crippen LogP contribution in [0.4, 0.5) is 4.39 Å². The zero-order valence-corrected chi connectivity index (χ0v) is 13.8. The number of methoxy groups -OCH3 is 1. The highest BCUT2D eigenvalue weighted by Crippen LogP contribution is 2.21. The molecule has 1 aromatic heterocycles. The molecule has 0 bridgehead atoms. The van der Waals surface area contributed by atoms with Crippen LogP contribution in [0, 0.1) is 5.82 Å². The molecule has 0 aliphatic heterocycles. The lowest BCUT2D eigenvalue weighted by Gasteiger charge is -2.06. The third-order valence-corrected chi connectivity index (χ3v) is 4.29. The van der Waals surface area contributed by atoms with Gasteiger partial charge in [0.2, 0.25) is 0 Å². The Morgan fingerprint density at radius 3 is 2.75 bits per heavy atom. The molecule has 0 unspecified atom stereocenters. The molecule has 0 radical (unpaired) electrons. The maximum absolute atomic E-state index is 13.9. The van der Waals surface area contributed by atoms with Gasteiger partial charge in [-0.2, -0.15) is 0 Å². The largest absolute Gasteiger partial charge is 0.497 e. The summed E-state index contributed by atoms with van der Waals surface area (Å²) in [5, 5.41) is 5.38. The number of hydrogen-bond donors (Lipinski definition) is 1. The molecule has 1 amide bonds. The minimum absolute atomic E-state index is 0.0179. The first-order valence-corrected chi connectivity index (χ1v) is 8.17. The zero-order valence-electron chi connectivity index (χ0n) is 13.0. The van der Waals surface area contributed by atoms with Crippen molar-refractivity contribution in [1.82, 2.24) is 10.3 Å². The Hall–Kier alpha value is -2.73. The van der Waals surface area contributed by atoms with Gasteiger partial charge in [-0.3, -0.25) is 4.79 Å². The average molecular weight is 342 g/mol. The van der Waals surface area contributed by atoms with Gasteiger partial charge in [0.05, 0.1) is 24.9 Å². The van der Waals surface area contributed by atoms with Crippen molar-refractivity contribution in [2.75, 3.05) is 7.11 Å². The van der Waals surface area contributed by atoms with Gasteiger partial charge >= 0.3 is 0 Å². The molecule has 0 saturated heterocycles. The van der Waals surface area contributed by atoms with Gasteiger partial charge in [-0.25, -0.2) is 9.37 Å². The summed E-state index contributed by atoms with van der Waals surface area (Å²) >= 11 is 1.45. The number of amides is 1. The molecule has 1 N–H and O–H groups in total. The summed E-state index contributed by atoms with van der Waals surface area (Å²) in [6.45, 7) is 0.252. The van der Waals surface area contributed by atoms with E-state index in [1.54, 1.807) is 6.07 Å². The topological polar surface area (TPSA) is 51.2 Å². The molecule has 0 fully saturated rings. The molecule has 1 heterocycles. The van der Waals surface area contributed by atoms with E-state index in [4.69, 9.17) is 4.74 Å². The molecule has 3 rings (SSSR count). The van der Waals surface area contributed by atoms with E-state index in [-0.39, 0.29) is 12.1 Å². The second-order valence-electron chi connectivity index (χ2n) is 5.02. The highest BCUT2D eigenvalue weighted by atomic mass is 32.1. The van der Waals surface area contributed by atoms with Crippen molar-refractivity contribution in [3.8, 4) is 17.0 Å². The lowest BCUT2D eigenvalue weighted by Crippen LogP contribution is -2.23. The molecular formula is C18H15FN2O2S. The molecule has 6 heteroatoms. The Morgan fingerprint density at radius 1 is 1.25 bits per heavy atom. The van der Waals surface area contributed by atoms with Crippen LogP contribution in [-0.4, -0.2) is 18.0 Å². The van der Waals surface area contributed by atoms with Crippen LogP contribution < -0.4 is 10.1 Å². The number of carbonyl (C=O) groups excluding carboxylic acids is 1. The minimum Gasteiger partial charge on any atom is -0.497 e. The van der Waals surface area contributed by atoms with E-state index in [2.05, 4.69) is 10.3 Å². The number of aromatic nitrogens is 1. The Morgan fingerprint density at radius 2 is 2.04 bits per heavy atom. The summed E-state index contributed by atoms with van der Waals surface area (Å²) in [4.78, 5) is 16.6. The molecule has 24 heavy (non-hydrogen) atoms. The second kappa shape index (κ2) is 7.23. The van der Waals surface area contributed by atoms with Crippen LogP contribution >= 0.6 is 11.3 Å². The Labute approximate surface area is 142 Å². The summed E-state index contributed by atoms with van der Waals surface area (Å²) < 4.78 is 18.8. The number of nitrogens with one attached hydrogen (secondary N) is 1. The molecular weight excluding hydrogens is 327 g/mol. The zero-order chi connectivity index (χ0) is 16.9. The monoisotopic (exact) mass is 342 g/mol. The molecule has 0 spiro atoms. The Kier molecular flexibility index (Phi) is 4.86. The average Bonchev–Trinajstić information content (AvgIpc) is 3.09. The third kappa shape index (κ3) is 3.60. The number of halogens is 1. The quantitative estimate of drug-likeness (QED) is 0.765. The number of thiazole rings is 1. The van der Waals surface area contributed by atoms with Gasteiger partial charge in [-0.05, 0) is 12.1 Å². The number of benzene rings is 2. The van der Waals surface area contributed by atoms with Gasteiger partial charge in [0.15, 0.2) is 0 Å². The Bertz CT molecular complexity index is 849. The number of carbonyl (C=O) groups is 1. The van der Waals surface area contributed by atoms with E-state index in [9.17, 15) is 9.18 Å². The van der Waals surface area contributed by atoms with Crippen LogP contribution in [0.3, 0.4) is 0 Å². The molecule has 0 aliphatic rings. The molecule has 3 aromatic rings. The second-order valence-corrected chi connectivity index (χ2v) is 5.96. The summed E-state index contributed by atoms with van der Waals surface area (Å²) in [7, 11) is 1.45. The van der Waals surface area contributed by atoms with E-state index in [1.807, 2.05) is 35.7 Å². The molecule has 2 aromatic carbocycles. The smallest absolute Gasteiger partial charge is 0.254 e. The van der Waals surface area contributed by atoms with Crippen molar-refractivity contribution in [3.05, 3.63) is 70.3 Å². The summed E-state index contributed by atoms with van der Waals surface area (Å²) in [6.07, 6.45) is 0. The van der Waals surface area contributed by atoms with Crippen molar-refractivity contribution in [3.63, 3.8) is 0 Å². The maximum atomic E-state index is 13.9. The first kappa shape index (κ1) is 16.1. The normalized spacial score (nSPS) is 10.4. The van der Waals surface area contributed by atoms with Crippen molar-refractivity contribution in [2.24, 2.45) is 0 Å². The molecule has 122 valence electrons. The van der Waals surface area contributed by atoms with Gasteiger partial charge in [-0.15, -0.1) is 11.3 Å². The van der Waals surface area contributed by atoms with Crippen molar-refractivity contribution < 1.29 is 13.9 Å².